The van der Waals surface area contributed by atoms with E-state index in [1.54, 1.807) is 0 Å². The van der Waals surface area contributed by atoms with Crippen molar-refractivity contribution < 1.29 is 0 Å². The lowest BCUT2D eigenvalue weighted by molar-refractivity contribution is 1.63. The van der Waals surface area contributed by atoms with Crippen molar-refractivity contribution in [2.45, 2.75) is 0 Å². The SMILES string of the molecule is c1ccc(-c2c3ccc(-c4ccc5ccccc5c4)cc3c(-c3ccccc3)c3ccc(-c4ccc5ccccc5c4)cc23)cc1. The van der Waals surface area contributed by atoms with E-state index in [2.05, 4.69) is 182 Å². The van der Waals surface area contributed by atoms with Crippen LogP contribution in [-0.4, -0.2) is 0 Å². The summed E-state index contributed by atoms with van der Waals surface area (Å²) in [5.41, 5.74) is 9.91. The van der Waals surface area contributed by atoms with Gasteiger partial charge in [0.2, 0.25) is 0 Å². The van der Waals surface area contributed by atoms with Crippen molar-refractivity contribution in [1.82, 2.24) is 0 Å². The van der Waals surface area contributed by atoms with Crippen LogP contribution in [0.15, 0.2) is 182 Å². The zero-order valence-corrected chi connectivity index (χ0v) is 25.3. The molecule has 214 valence electrons. The summed E-state index contributed by atoms with van der Waals surface area (Å²) in [6, 6.07) is 66.7. The van der Waals surface area contributed by atoms with E-state index < -0.39 is 0 Å². The fourth-order valence-corrected chi connectivity index (χ4v) is 7.16. The van der Waals surface area contributed by atoms with E-state index in [1.807, 2.05) is 0 Å². The second-order valence-electron chi connectivity index (χ2n) is 12.1. The summed E-state index contributed by atoms with van der Waals surface area (Å²) < 4.78 is 0. The maximum absolute atomic E-state index is 2.41. The molecule has 9 aromatic rings. The molecular weight excluding hydrogens is 553 g/mol. The van der Waals surface area contributed by atoms with Crippen LogP contribution >= 0.6 is 0 Å². The van der Waals surface area contributed by atoms with E-state index in [-0.39, 0.29) is 0 Å². The quantitative estimate of drug-likeness (QED) is 0.181. The highest BCUT2D eigenvalue weighted by atomic mass is 14.2. The number of hydrogen-bond acceptors (Lipinski definition) is 0. The molecular formula is C46H30. The minimum absolute atomic E-state index is 1.22. The molecule has 9 rings (SSSR count). The first kappa shape index (κ1) is 26.4. The van der Waals surface area contributed by atoms with Crippen molar-refractivity contribution in [1.29, 1.82) is 0 Å². The highest BCUT2D eigenvalue weighted by Gasteiger charge is 2.18. The molecule has 0 nitrogen and oxygen atoms in total. The standard InChI is InChI=1S/C46H30/c1-3-13-33(14-4-1)45-41-25-23-40(38-22-20-32-12-8-10-18-36(32)28-38)30-44(41)46(34-15-5-2-6-16-34)42-26-24-39(29-43(42)45)37-21-19-31-11-7-9-17-35(31)27-37/h1-30H. The number of benzene rings is 9. The average Bonchev–Trinajstić information content (AvgIpc) is 3.13. The molecule has 0 heterocycles. The third kappa shape index (κ3) is 4.47. The Bertz CT molecular complexity index is 2380. The fourth-order valence-electron chi connectivity index (χ4n) is 7.16. The van der Waals surface area contributed by atoms with Crippen LogP contribution in [0.4, 0.5) is 0 Å². The van der Waals surface area contributed by atoms with Crippen LogP contribution in [0.25, 0.3) is 87.6 Å². The number of rotatable bonds is 4. The molecule has 0 aromatic heterocycles. The van der Waals surface area contributed by atoms with Gasteiger partial charge in [-0.05, 0) is 112 Å². The van der Waals surface area contributed by atoms with Gasteiger partial charge in [0, 0.05) is 0 Å². The monoisotopic (exact) mass is 582 g/mol. The largest absolute Gasteiger partial charge is 0.0622 e. The van der Waals surface area contributed by atoms with Crippen molar-refractivity contribution >= 4 is 43.1 Å². The topological polar surface area (TPSA) is 0 Å². The molecule has 46 heavy (non-hydrogen) atoms. The van der Waals surface area contributed by atoms with Gasteiger partial charge in [0.05, 0.1) is 0 Å². The molecule has 0 atom stereocenters. The van der Waals surface area contributed by atoms with Crippen molar-refractivity contribution in [3.63, 3.8) is 0 Å². The molecule has 0 N–H and O–H groups in total. The van der Waals surface area contributed by atoms with Crippen molar-refractivity contribution in [3.8, 4) is 44.5 Å². The lowest BCUT2D eigenvalue weighted by atomic mass is 9.83. The molecule has 0 saturated heterocycles. The Morgan fingerprint density at radius 1 is 0.196 bits per heavy atom. The summed E-state index contributed by atoms with van der Waals surface area (Å²) in [6.45, 7) is 0. The van der Waals surface area contributed by atoms with Crippen LogP contribution in [0.3, 0.4) is 0 Å². The maximum Gasteiger partial charge on any atom is -0.00261 e. The molecule has 0 aliphatic rings. The third-order valence-electron chi connectivity index (χ3n) is 9.41. The summed E-state index contributed by atoms with van der Waals surface area (Å²) in [7, 11) is 0. The van der Waals surface area contributed by atoms with Crippen LogP contribution in [0.2, 0.25) is 0 Å². The lowest BCUT2D eigenvalue weighted by Crippen LogP contribution is -1.92. The van der Waals surface area contributed by atoms with Crippen LogP contribution in [-0.2, 0) is 0 Å². The summed E-state index contributed by atoms with van der Waals surface area (Å²) in [5, 5.41) is 10.1. The summed E-state index contributed by atoms with van der Waals surface area (Å²) in [6.07, 6.45) is 0. The van der Waals surface area contributed by atoms with Gasteiger partial charge >= 0.3 is 0 Å². The van der Waals surface area contributed by atoms with E-state index in [9.17, 15) is 0 Å². The Morgan fingerprint density at radius 3 is 0.978 bits per heavy atom. The van der Waals surface area contributed by atoms with Gasteiger partial charge in [0.25, 0.3) is 0 Å². The van der Waals surface area contributed by atoms with E-state index in [0.29, 0.717) is 0 Å². The highest BCUT2D eigenvalue weighted by Crippen LogP contribution is 2.46. The normalized spacial score (nSPS) is 11.5. The van der Waals surface area contributed by atoms with Gasteiger partial charge in [-0.15, -0.1) is 0 Å². The van der Waals surface area contributed by atoms with Crippen molar-refractivity contribution in [3.05, 3.63) is 182 Å². The Balaban J connectivity index is 1.37. The molecule has 0 unspecified atom stereocenters. The van der Waals surface area contributed by atoms with Gasteiger partial charge in [-0.2, -0.15) is 0 Å². The molecule has 0 aliphatic carbocycles. The zero-order valence-electron chi connectivity index (χ0n) is 25.3. The van der Waals surface area contributed by atoms with E-state index in [0.717, 1.165) is 0 Å². The van der Waals surface area contributed by atoms with Crippen LogP contribution < -0.4 is 0 Å². The Hall–Kier alpha value is -5.98. The maximum atomic E-state index is 2.41. The highest BCUT2D eigenvalue weighted by molar-refractivity contribution is 6.22. The second-order valence-corrected chi connectivity index (χ2v) is 12.1. The van der Waals surface area contributed by atoms with E-state index in [4.69, 9.17) is 0 Å². The number of fused-ring (bicyclic) bond motifs is 4. The van der Waals surface area contributed by atoms with Gasteiger partial charge in [-0.3, -0.25) is 0 Å². The predicted octanol–water partition coefficient (Wildman–Crippen LogP) is 13.0. The summed E-state index contributed by atoms with van der Waals surface area (Å²) in [4.78, 5) is 0. The lowest BCUT2D eigenvalue weighted by Gasteiger charge is -2.20. The minimum Gasteiger partial charge on any atom is -0.0622 e. The van der Waals surface area contributed by atoms with Crippen molar-refractivity contribution in [2.75, 3.05) is 0 Å². The minimum atomic E-state index is 1.22. The van der Waals surface area contributed by atoms with Crippen LogP contribution in [0.1, 0.15) is 0 Å². The summed E-state index contributed by atoms with van der Waals surface area (Å²) >= 11 is 0. The predicted molar refractivity (Wildman–Crippen MR) is 198 cm³/mol. The smallest absolute Gasteiger partial charge is 0.00261 e. The fraction of sp³-hybridized carbons (Fsp3) is 0. The first-order chi connectivity index (χ1) is 22.8. The molecule has 0 heteroatoms. The molecule has 0 saturated carbocycles. The molecule has 0 spiro atoms. The van der Waals surface area contributed by atoms with Gasteiger partial charge < -0.3 is 0 Å². The molecule has 0 radical (unpaired) electrons. The Morgan fingerprint density at radius 2 is 0.543 bits per heavy atom. The van der Waals surface area contributed by atoms with Gasteiger partial charge in [0.1, 0.15) is 0 Å². The van der Waals surface area contributed by atoms with Gasteiger partial charge in [-0.25, -0.2) is 0 Å². The summed E-state index contributed by atoms with van der Waals surface area (Å²) in [5.74, 6) is 0. The van der Waals surface area contributed by atoms with Crippen LogP contribution in [0, 0.1) is 0 Å². The molecule has 0 bridgehead atoms. The first-order valence-corrected chi connectivity index (χ1v) is 15.9. The van der Waals surface area contributed by atoms with Crippen LogP contribution in [0.5, 0.6) is 0 Å². The Kier molecular flexibility index (Phi) is 6.25. The molecule has 9 aromatic carbocycles. The average molecular weight is 583 g/mol. The first-order valence-electron chi connectivity index (χ1n) is 15.9. The van der Waals surface area contributed by atoms with E-state index >= 15 is 0 Å². The second kappa shape index (κ2) is 10.9. The molecule has 0 aliphatic heterocycles. The Labute approximate surface area is 268 Å². The third-order valence-corrected chi connectivity index (χ3v) is 9.41. The van der Waals surface area contributed by atoms with Crippen molar-refractivity contribution in [2.24, 2.45) is 0 Å². The van der Waals surface area contributed by atoms with E-state index in [1.165, 1.54) is 87.6 Å². The number of hydrogen-bond donors (Lipinski definition) is 0. The molecule has 0 amide bonds. The van der Waals surface area contributed by atoms with Gasteiger partial charge in [-0.1, -0.05) is 158 Å². The van der Waals surface area contributed by atoms with Gasteiger partial charge in [0.15, 0.2) is 0 Å². The molecule has 0 fully saturated rings. The zero-order chi connectivity index (χ0) is 30.5.